The number of ether oxygens (including phenoxy) is 1. The highest BCUT2D eigenvalue weighted by molar-refractivity contribution is 6.32. The summed E-state index contributed by atoms with van der Waals surface area (Å²) in [4.78, 5) is 4.12. The molecule has 100 valence electrons. The summed E-state index contributed by atoms with van der Waals surface area (Å²) in [7, 11) is 1.43. The Morgan fingerprint density at radius 1 is 1.45 bits per heavy atom. The predicted octanol–water partition coefficient (Wildman–Crippen LogP) is 3.51. The molecule has 0 amide bonds. The largest absolute Gasteiger partial charge is 0.503 e. The van der Waals surface area contributed by atoms with Crippen molar-refractivity contribution in [1.82, 2.24) is 4.98 Å². The van der Waals surface area contributed by atoms with E-state index in [0.29, 0.717) is 16.8 Å². The standard InChI is InChI=1S/C15H11ClN2O2/c1-20-14-8-10(7-12(16)15(14)19)6-11(9-17)13-4-2-3-5-18-13/h2-8,19H,1H3/b11-6-. The van der Waals surface area contributed by atoms with E-state index in [0.717, 1.165) is 0 Å². The molecular weight excluding hydrogens is 276 g/mol. The number of nitriles is 1. The normalized spacial score (nSPS) is 10.9. The van der Waals surface area contributed by atoms with E-state index < -0.39 is 0 Å². The summed E-state index contributed by atoms with van der Waals surface area (Å²) in [6, 6.07) is 10.6. The van der Waals surface area contributed by atoms with Gasteiger partial charge in [0.05, 0.1) is 23.4 Å². The summed E-state index contributed by atoms with van der Waals surface area (Å²) in [6.07, 6.45) is 3.25. The zero-order chi connectivity index (χ0) is 14.5. The smallest absolute Gasteiger partial charge is 0.176 e. The highest BCUT2D eigenvalue weighted by Gasteiger charge is 2.09. The molecule has 0 radical (unpaired) electrons. The van der Waals surface area contributed by atoms with Crippen LogP contribution in [0.1, 0.15) is 11.3 Å². The Kier molecular flexibility index (Phi) is 4.24. The van der Waals surface area contributed by atoms with Crippen LogP contribution in [0.15, 0.2) is 36.5 Å². The first kappa shape index (κ1) is 13.9. The van der Waals surface area contributed by atoms with E-state index in [2.05, 4.69) is 11.1 Å². The number of rotatable bonds is 3. The minimum atomic E-state index is -0.123. The van der Waals surface area contributed by atoms with Crippen LogP contribution in [-0.4, -0.2) is 17.2 Å². The summed E-state index contributed by atoms with van der Waals surface area (Å²) in [5.41, 5.74) is 1.61. The monoisotopic (exact) mass is 286 g/mol. The molecular formula is C15H11ClN2O2. The fourth-order valence-corrected chi connectivity index (χ4v) is 1.90. The number of methoxy groups -OCH3 is 1. The summed E-state index contributed by atoms with van der Waals surface area (Å²) < 4.78 is 5.03. The quantitative estimate of drug-likeness (QED) is 0.877. The van der Waals surface area contributed by atoms with Gasteiger partial charge in [0, 0.05) is 6.20 Å². The van der Waals surface area contributed by atoms with Crippen LogP contribution in [0.5, 0.6) is 11.5 Å². The Labute approximate surface area is 121 Å². The molecule has 1 N–H and O–H groups in total. The number of aromatic hydroxyl groups is 1. The van der Waals surface area contributed by atoms with Crippen molar-refractivity contribution in [2.75, 3.05) is 7.11 Å². The Morgan fingerprint density at radius 3 is 2.85 bits per heavy atom. The number of allylic oxidation sites excluding steroid dienone is 1. The number of hydrogen-bond donors (Lipinski definition) is 1. The van der Waals surface area contributed by atoms with Crippen molar-refractivity contribution in [3.05, 3.63) is 52.8 Å². The van der Waals surface area contributed by atoms with Crippen LogP contribution >= 0.6 is 11.6 Å². The van der Waals surface area contributed by atoms with Crippen LogP contribution in [0.4, 0.5) is 0 Å². The number of benzene rings is 1. The lowest BCUT2D eigenvalue weighted by Gasteiger charge is -2.06. The van der Waals surface area contributed by atoms with Gasteiger partial charge in [-0.2, -0.15) is 5.26 Å². The van der Waals surface area contributed by atoms with Gasteiger partial charge in [-0.05, 0) is 35.9 Å². The fourth-order valence-electron chi connectivity index (χ4n) is 1.68. The molecule has 0 aliphatic heterocycles. The van der Waals surface area contributed by atoms with E-state index in [1.54, 1.807) is 42.6 Å². The van der Waals surface area contributed by atoms with E-state index in [1.165, 1.54) is 7.11 Å². The zero-order valence-corrected chi connectivity index (χ0v) is 11.4. The molecule has 0 bridgehead atoms. The summed E-state index contributed by atoms with van der Waals surface area (Å²) >= 11 is 5.91. The second kappa shape index (κ2) is 6.09. The lowest BCUT2D eigenvalue weighted by Crippen LogP contribution is -1.88. The lowest BCUT2D eigenvalue weighted by atomic mass is 10.1. The van der Waals surface area contributed by atoms with Crippen LogP contribution in [0.3, 0.4) is 0 Å². The molecule has 0 spiro atoms. The zero-order valence-electron chi connectivity index (χ0n) is 10.7. The van der Waals surface area contributed by atoms with Crippen molar-refractivity contribution in [3.8, 4) is 17.6 Å². The van der Waals surface area contributed by atoms with Gasteiger partial charge in [-0.3, -0.25) is 4.98 Å². The van der Waals surface area contributed by atoms with E-state index in [-0.39, 0.29) is 16.5 Å². The molecule has 1 aromatic carbocycles. The van der Waals surface area contributed by atoms with E-state index in [4.69, 9.17) is 16.3 Å². The van der Waals surface area contributed by atoms with Crippen molar-refractivity contribution in [3.63, 3.8) is 0 Å². The average Bonchev–Trinajstić information content (AvgIpc) is 2.49. The average molecular weight is 287 g/mol. The Morgan fingerprint density at radius 2 is 2.25 bits per heavy atom. The molecule has 0 saturated heterocycles. The van der Waals surface area contributed by atoms with Gasteiger partial charge in [-0.15, -0.1) is 0 Å². The number of phenolic OH excluding ortho intramolecular Hbond substituents is 1. The van der Waals surface area contributed by atoms with Crippen molar-refractivity contribution in [1.29, 1.82) is 5.26 Å². The lowest BCUT2D eigenvalue weighted by molar-refractivity contribution is 0.373. The van der Waals surface area contributed by atoms with Crippen LogP contribution in [0.25, 0.3) is 11.6 Å². The molecule has 0 aliphatic rings. The summed E-state index contributed by atoms with van der Waals surface area (Å²) in [6.45, 7) is 0. The maximum atomic E-state index is 9.68. The molecule has 2 aromatic rings. The van der Waals surface area contributed by atoms with Gasteiger partial charge in [-0.1, -0.05) is 17.7 Å². The highest BCUT2D eigenvalue weighted by Crippen LogP contribution is 2.35. The summed E-state index contributed by atoms with van der Waals surface area (Å²) in [5, 5.41) is 19.1. The first-order valence-electron chi connectivity index (χ1n) is 5.75. The van der Waals surface area contributed by atoms with Crippen LogP contribution in [0, 0.1) is 11.3 Å². The minimum Gasteiger partial charge on any atom is -0.503 e. The van der Waals surface area contributed by atoms with Crippen molar-refractivity contribution in [2.24, 2.45) is 0 Å². The fraction of sp³-hybridized carbons (Fsp3) is 0.0667. The molecule has 20 heavy (non-hydrogen) atoms. The van der Waals surface area contributed by atoms with E-state index in [9.17, 15) is 10.4 Å². The Balaban J connectivity index is 2.49. The predicted molar refractivity (Wildman–Crippen MR) is 77.4 cm³/mol. The Bertz CT molecular complexity index is 691. The maximum absolute atomic E-state index is 9.68. The number of aromatic nitrogens is 1. The number of nitrogens with zero attached hydrogens (tertiary/aromatic N) is 2. The number of phenols is 1. The molecule has 1 aromatic heterocycles. The molecule has 0 unspecified atom stereocenters. The second-order valence-electron chi connectivity index (χ2n) is 3.94. The second-order valence-corrected chi connectivity index (χ2v) is 4.35. The first-order chi connectivity index (χ1) is 9.65. The van der Waals surface area contributed by atoms with Crippen LogP contribution < -0.4 is 4.74 Å². The minimum absolute atomic E-state index is 0.123. The highest BCUT2D eigenvalue weighted by atomic mass is 35.5. The number of halogens is 1. The third-order valence-electron chi connectivity index (χ3n) is 2.64. The van der Waals surface area contributed by atoms with Gasteiger partial charge < -0.3 is 9.84 Å². The van der Waals surface area contributed by atoms with Crippen LogP contribution in [0.2, 0.25) is 5.02 Å². The number of hydrogen-bond acceptors (Lipinski definition) is 4. The third kappa shape index (κ3) is 2.90. The van der Waals surface area contributed by atoms with Crippen molar-refractivity contribution >= 4 is 23.3 Å². The third-order valence-corrected chi connectivity index (χ3v) is 2.93. The maximum Gasteiger partial charge on any atom is 0.176 e. The first-order valence-corrected chi connectivity index (χ1v) is 6.13. The molecule has 5 heteroatoms. The van der Waals surface area contributed by atoms with E-state index in [1.807, 2.05) is 0 Å². The SMILES string of the molecule is COc1cc(/C=C(/C#N)c2ccccn2)cc(Cl)c1O. The molecule has 4 nitrogen and oxygen atoms in total. The molecule has 0 saturated carbocycles. The molecule has 0 atom stereocenters. The molecule has 2 rings (SSSR count). The topological polar surface area (TPSA) is 66.1 Å². The van der Waals surface area contributed by atoms with Crippen molar-refractivity contribution in [2.45, 2.75) is 0 Å². The van der Waals surface area contributed by atoms with Gasteiger partial charge in [0.25, 0.3) is 0 Å². The molecule has 1 heterocycles. The Hall–Kier alpha value is -2.51. The van der Waals surface area contributed by atoms with Crippen molar-refractivity contribution < 1.29 is 9.84 Å². The number of pyridine rings is 1. The van der Waals surface area contributed by atoms with Gasteiger partial charge in [0.2, 0.25) is 0 Å². The van der Waals surface area contributed by atoms with E-state index >= 15 is 0 Å². The van der Waals surface area contributed by atoms with Gasteiger partial charge in [-0.25, -0.2) is 0 Å². The molecule has 0 aliphatic carbocycles. The van der Waals surface area contributed by atoms with Crippen LogP contribution in [-0.2, 0) is 0 Å². The summed E-state index contributed by atoms with van der Waals surface area (Å²) in [5.74, 6) is 0.129. The molecule has 0 fully saturated rings. The van der Waals surface area contributed by atoms with Gasteiger partial charge in [0.1, 0.15) is 6.07 Å². The van der Waals surface area contributed by atoms with Gasteiger partial charge >= 0.3 is 0 Å². The van der Waals surface area contributed by atoms with Gasteiger partial charge in [0.15, 0.2) is 11.5 Å².